The summed E-state index contributed by atoms with van der Waals surface area (Å²) in [5.74, 6) is -0.172. The minimum atomic E-state index is -0.863. The molecular formula is C32H42N5O4+. The van der Waals surface area contributed by atoms with Gasteiger partial charge in [0.15, 0.2) is 5.69 Å². The van der Waals surface area contributed by atoms with Crippen LogP contribution >= 0.6 is 0 Å². The van der Waals surface area contributed by atoms with Gasteiger partial charge in [-0.25, -0.2) is 9.78 Å². The van der Waals surface area contributed by atoms with Crippen molar-refractivity contribution in [3.05, 3.63) is 78.2 Å². The Morgan fingerprint density at radius 3 is 2.44 bits per heavy atom. The van der Waals surface area contributed by atoms with Crippen LogP contribution in [0.1, 0.15) is 49.7 Å². The van der Waals surface area contributed by atoms with Gasteiger partial charge in [0.2, 0.25) is 0 Å². The number of aromatic nitrogens is 2. The molecule has 9 nitrogen and oxygen atoms in total. The molecule has 3 aromatic rings. The van der Waals surface area contributed by atoms with Crippen LogP contribution in [0.25, 0.3) is 11.3 Å². The first-order chi connectivity index (χ1) is 19.6. The van der Waals surface area contributed by atoms with E-state index in [2.05, 4.69) is 10.3 Å². The molecule has 0 radical (unpaired) electrons. The number of imidazole rings is 1. The molecule has 0 saturated carbocycles. The number of amides is 2. The molecule has 0 spiro atoms. The highest BCUT2D eigenvalue weighted by atomic mass is 16.6. The maximum Gasteiger partial charge on any atom is 0.410 e. The second kappa shape index (κ2) is 12.0. The second-order valence-electron chi connectivity index (χ2n) is 12.3. The van der Waals surface area contributed by atoms with Crippen LogP contribution in [0.15, 0.2) is 67.0 Å². The Bertz CT molecular complexity index is 1330. The summed E-state index contributed by atoms with van der Waals surface area (Å²) in [6, 6.07) is 19.6. The number of piperazine rings is 1. The summed E-state index contributed by atoms with van der Waals surface area (Å²) in [4.78, 5) is 35.5. The normalized spacial score (nSPS) is 21.5. The second-order valence-corrected chi connectivity index (χ2v) is 12.3. The summed E-state index contributed by atoms with van der Waals surface area (Å²) in [7, 11) is 0. The van der Waals surface area contributed by atoms with Crippen molar-refractivity contribution in [2.75, 3.05) is 32.7 Å². The van der Waals surface area contributed by atoms with E-state index in [4.69, 9.17) is 4.74 Å². The number of carbonyl (C=O) groups is 2. The van der Waals surface area contributed by atoms with Crippen molar-refractivity contribution in [1.82, 2.24) is 19.4 Å². The third-order valence-corrected chi connectivity index (χ3v) is 7.84. The van der Waals surface area contributed by atoms with E-state index in [1.54, 1.807) is 11.2 Å². The standard InChI is InChI=1S/C32H41N5O4/c1-31(2,3)41-30(39)35-17-18-37(26(20-35)19-24-11-6-4-7-12-24)29(38)27-28(25-13-8-5-9-14-25)36(23-34-27)22-32(40)15-10-16-33-21-32/h4-9,11-14,23,26,33,40H,10,15-22H2,1-3H3/p+1/t26-,32?/m1/s1. The number of quaternary nitrogens is 1. The Morgan fingerprint density at radius 2 is 1.78 bits per heavy atom. The number of aliphatic hydroxyl groups is 1. The number of hydrogen-bond acceptors (Lipinski definition) is 5. The van der Waals surface area contributed by atoms with Crippen LogP contribution in [0.4, 0.5) is 4.79 Å². The predicted octanol–water partition coefficient (Wildman–Crippen LogP) is 2.94. The number of nitrogens with two attached hydrogens (primary N) is 1. The molecule has 2 fully saturated rings. The monoisotopic (exact) mass is 560 g/mol. The van der Waals surface area contributed by atoms with Crippen molar-refractivity contribution in [2.24, 2.45) is 0 Å². The lowest BCUT2D eigenvalue weighted by molar-refractivity contribution is -0.677. The SMILES string of the molecule is CC(C)(C)OC(=O)N1CCN(C(=O)c2ncn(CC3(O)CCC[NH2+]C3)c2-c2ccccc2)[C@H](Cc2ccccc2)C1. The summed E-state index contributed by atoms with van der Waals surface area (Å²) < 4.78 is 7.60. The van der Waals surface area contributed by atoms with Crippen LogP contribution in [0.3, 0.4) is 0 Å². The molecule has 218 valence electrons. The number of carbonyl (C=O) groups excluding carboxylic acids is 2. The molecule has 2 amide bonds. The average molecular weight is 561 g/mol. The van der Waals surface area contributed by atoms with Gasteiger partial charge in [0.05, 0.1) is 31.2 Å². The molecule has 2 saturated heterocycles. The topological polar surface area (TPSA) is 105 Å². The summed E-state index contributed by atoms with van der Waals surface area (Å²) in [6.07, 6.45) is 3.58. The van der Waals surface area contributed by atoms with Gasteiger partial charge in [-0.1, -0.05) is 60.7 Å². The van der Waals surface area contributed by atoms with Gasteiger partial charge in [0.1, 0.15) is 17.7 Å². The molecule has 2 aliphatic rings. The minimum absolute atomic E-state index is 0.172. The summed E-state index contributed by atoms with van der Waals surface area (Å²) in [5.41, 5.74) is 1.58. The Labute approximate surface area is 242 Å². The van der Waals surface area contributed by atoms with Gasteiger partial charge in [-0.2, -0.15) is 0 Å². The smallest absolute Gasteiger partial charge is 0.410 e. The van der Waals surface area contributed by atoms with E-state index in [9.17, 15) is 14.7 Å². The molecule has 1 aromatic heterocycles. The van der Waals surface area contributed by atoms with Crippen molar-refractivity contribution in [2.45, 2.75) is 63.8 Å². The van der Waals surface area contributed by atoms with Gasteiger partial charge in [0.25, 0.3) is 5.91 Å². The highest BCUT2D eigenvalue weighted by Crippen LogP contribution is 2.29. The number of nitrogens with zero attached hydrogens (tertiary/aromatic N) is 4. The molecule has 3 N–H and O–H groups in total. The predicted molar refractivity (Wildman–Crippen MR) is 156 cm³/mol. The van der Waals surface area contributed by atoms with Crippen LogP contribution in [0.2, 0.25) is 0 Å². The van der Waals surface area contributed by atoms with Crippen LogP contribution < -0.4 is 5.32 Å². The zero-order valence-corrected chi connectivity index (χ0v) is 24.3. The third-order valence-electron chi connectivity index (χ3n) is 7.84. The van der Waals surface area contributed by atoms with Gasteiger partial charge in [-0.15, -0.1) is 0 Å². The number of hydrogen-bond donors (Lipinski definition) is 2. The van der Waals surface area contributed by atoms with Crippen molar-refractivity contribution >= 4 is 12.0 Å². The van der Waals surface area contributed by atoms with Gasteiger partial charge >= 0.3 is 6.09 Å². The lowest BCUT2D eigenvalue weighted by Gasteiger charge is -2.41. The van der Waals surface area contributed by atoms with E-state index in [0.29, 0.717) is 57.0 Å². The Morgan fingerprint density at radius 1 is 1.07 bits per heavy atom. The van der Waals surface area contributed by atoms with E-state index in [1.807, 2.05) is 90.9 Å². The highest BCUT2D eigenvalue weighted by molar-refractivity contribution is 5.98. The van der Waals surface area contributed by atoms with Crippen molar-refractivity contribution in [3.63, 3.8) is 0 Å². The first kappa shape index (κ1) is 28.8. The average Bonchev–Trinajstić information content (AvgIpc) is 3.36. The molecule has 2 atom stereocenters. The van der Waals surface area contributed by atoms with Crippen molar-refractivity contribution in [3.8, 4) is 11.3 Å². The van der Waals surface area contributed by atoms with Crippen LogP contribution in [0.5, 0.6) is 0 Å². The lowest BCUT2D eigenvalue weighted by atomic mass is 9.94. The highest BCUT2D eigenvalue weighted by Gasteiger charge is 2.38. The molecule has 2 aliphatic heterocycles. The number of piperidine rings is 1. The van der Waals surface area contributed by atoms with Crippen LogP contribution in [0, 0.1) is 0 Å². The summed E-state index contributed by atoms with van der Waals surface area (Å²) in [6.45, 7) is 8.69. The van der Waals surface area contributed by atoms with Crippen LogP contribution in [-0.4, -0.2) is 86.4 Å². The maximum atomic E-state index is 14.3. The van der Waals surface area contributed by atoms with E-state index in [1.165, 1.54) is 0 Å². The zero-order valence-electron chi connectivity index (χ0n) is 24.3. The van der Waals surface area contributed by atoms with Gasteiger partial charge in [-0.05, 0) is 45.6 Å². The Balaban J connectivity index is 1.46. The maximum absolute atomic E-state index is 14.3. The Hall–Kier alpha value is -3.69. The molecule has 3 heterocycles. The minimum Gasteiger partial charge on any atom is -0.444 e. The number of benzene rings is 2. The van der Waals surface area contributed by atoms with Crippen molar-refractivity contribution < 1.29 is 24.7 Å². The fourth-order valence-electron chi connectivity index (χ4n) is 5.88. The Kier molecular flexibility index (Phi) is 8.47. The lowest BCUT2D eigenvalue weighted by Crippen LogP contribution is -2.90. The van der Waals surface area contributed by atoms with E-state index in [0.717, 1.165) is 24.1 Å². The molecular weight excluding hydrogens is 518 g/mol. The number of rotatable bonds is 6. The summed E-state index contributed by atoms with van der Waals surface area (Å²) >= 11 is 0. The van der Waals surface area contributed by atoms with E-state index in [-0.39, 0.29) is 18.0 Å². The molecule has 0 aliphatic carbocycles. The van der Waals surface area contributed by atoms with Gasteiger partial charge in [0, 0.05) is 25.2 Å². The largest absolute Gasteiger partial charge is 0.444 e. The zero-order chi connectivity index (χ0) is 29.0. The van der Waals surface area contributed by atoms with Gasteiger partial charge < -0.3 is 29.5 Å². The molecule has 41 heavy (non-hydrogen) atoms. The molecule has 1 unspecified atom stereocenters. The first-order valence-electron chi connectivity index (χ1n) is 14.6. The molecule has 0 bridgehead atoms. The fraction of sp³-hybridized carbons (Fsp3) is 0.469. The van der Waals surface area contributed by atoms with E-state index >= 15 is 0 Å². The first-order valence-corrected chi connectivity index (χ1v) is 14.6. The third kappa shape index (κ3) is 6.97. The number of ether oxygens (including phenoxy) is 1. The van der Waals surface area contributed by atoms with Gasteiger partial charge in [-0.3, -0.25) is 4.79 Å². The fourth-order valence-corrected chi connectivity index (χ4v) is 5.88. The molecule has 9 heteroatoms. The van der Waals surface area contributed by atoms with E-state index < -0.39 is 11.2 Å². The molecule has 2 aromatic carbocycles. The van der Waals surface area contributed by atoms with Crippen LogP contribution in [-0.2, 0) is 17.7 Å². The van der Waals surface area contributed by atoms with Crippen molar-refractivity contribution in [1.29, 1.82) is 0 Å². The summed E-state index contributed by atoms with van der Waals surface area (Å²) in [5, 5.41) is 13.5. The quantitative estimate of drug-likeness (QED) is 0.483. The molecule has 5 rings (SSSR count).